The number of hydrogen-bond donors (Lipinski definition) is 1. The maximum absolute atomic E-state index is 3.91. The van der Waals surface area contributed by atoms with E-state index in [2.05, 4.69) is 29.1 Å². The summed E-state index contributed by atoms with van der Waals surface area (Å²) in [5.74, 6) is 0. The van der Waals surface area contributed by atoms with E-state index < -0.39 is 0 Å². The second-order valence-electron chi connectivity index (χ2n) is 6.86. The van der Waals surface area contributed by atoms with Gasteiger partial charge < -0.3 is 5.32 Å². The largest absolute Gasteiger partial charge is 0.311 e. The Hall–Kier alpha value is -0.340. The van der Waals surface area contributed by atoms with Gasteiger partial charge in [0.15, 0.2) is 0 Å². The van der Waals surface area contributed by atoms with Gasteiger partial charge in [0.2, 0.25) is 0 Å². The minimum Gasteiger partial charge on any atom is -0.311 e. The fourth-order valence-corrected chi connectivity index (χ4v) is 4.24. The van der Waals surface area contributed by atoms with Crippen LogP contribution >= 0.6 is 11.3 Å². The molecule has 2 heteroatoms. The third-order valence-corrected chi connectivity index (χ3v) is 5.48. The first-order valence-electron chi connectivity index (χ1n) is 9.12. The van der Waals surface area contributed by atoms with Crippen LogP contribution in [0.2, 0.25) is 0 Å². The molecule has 1 fully saturated rings. The van der Waals surface area contributed by atoms with Gasteiger partial charge in [-0.3, -0.25) is 0 Å². The molecule has 1 aliphatic rings. The van der Waals surface area contributed by atoms with E-state index in [-0.39, 0.29) is 0 Å². The van der Waals surface area contributed by atoms with Crippen molar-refractivity contribution in [2.24, 2.45) is 0 Å². The van der Waals surface area contributed by atoms with Crippen LogP contribution in [0, 0.1) is 0 Å². The first-order chi connectivity index (χ1) is 10.3. The lowest BCUT2D eigenvalue weighted by Crippen LogP contribution is -2.37. The minimum atomic E-state index is 0.609. The number of hydrogen-bond acceptors (Lipinski definition) is 2. The molecular weight excluding hydrogens is 274 g/mol. The molecule has 1 heterocycles. The van der Waals surface area contributed by atoms with Crippen LogP contribution in [0.25, 0.3) is 0 Å². The average Bonchev–Trinajstić information content (AvgIpc) is 2.94. The van der Waals surface area contributed by atoms with Crippen LogP contribution in [-0.4, -0.2) is 12.1 Å². The van der Waals surface area contributed by atoms with Crippen molar-refractivity contribution in [3.05, 3.63) is 22.4 Å². The summed E-state index contributed by atoms with van der Waals surface area (Å²) in [6.07, 6.45) is 17.0. The Bertz CT molecular complexity index is 334. The average molecular weight is 308 g/mol. The van der Waals surface area contributed by atoms with E-state index in [9.17, 15) is 0 Å². The zero-order valence-corrected chi connectivity index (χ0v) is 14.6. The molecule has 1 aromatic heterocycles. The van der Waals surface area contributed by atoms with Crippen LogP contribution < -0.4 is 5.32 Å². The first-order valence-corrected chi connectivity index (χ1v) is 10.1. The molecule has 0 bridgehead atoms. The van der Waals surface area contributed by atoms with Crippen molar-refractivity contribution >= 4 is 11.3 Å². The van der Waals surface area contributed by atoms with Crippen molar-refractivity contribution in [3.63, 3.8) is 0 Å². The van der Waals surface area contributed by atoms with E-state index in [1.807, 2.05) is 11.3 Å². The molecule has 1 unspecified atom stereocenters. The van der Waals surface area contributed by atoms with E-state index in [0.29, 0.717) is 6.04 Å². The zero-order chi connectivity index (χ0) is 14.8. The maximum atomic E-state index is 3.91. The van der Waals surface area contributed by atoms with Crippen molar-refractivity contribution in [1.29, 1.82) is 0 Å². The van der Waals surface area contributed by atoms with Gasteiger partial charge in [0.25, 0.3) is 0 Å². The molecule has 1 nitrogen and oxygen atoms in total. The second-order valence-corrected chi connectivity index (χ2v) is 7.64. The van der Waals surface area contributed by atoms with Gasteiger partial charge in [0, 0.05) is 12.1 Å². The number of thiophene rings is 1. The summed E-state index contributed by atoms with van der Waals surface area (Å²) in [5.41, 5.74) is 1.49. The highest BCUT2D eigenvalue weighted by atomic mass is 32.1. The lowest BCUT2D eigenvalue weighted by atomic mass is 9.97. The van der Waals surface area contributed by atoms with Crippen LogP contribution in [-0.2, 0) is 6.42 Å². The number of nitrogens with one attached hydrogen (secondary N) is 1. The summed E-state index contributed by atoms with van der Waals surface area (Å²) < 4.78 is 0. The lowest BCUT2D eigenvalue weighted by molar-refractivity contribution is 0.370. The van der Waals surface area contributed by atoms with E-state index in [4.69, 9.17) is 0 Å². The van der Waals surface area contributed by atoms with Gasteiger partial charge in [-0.25, -0.2) is 0 Å². The monoisotopic (exact) mass is 307 g/mol. The Kier molecular flexibility index (Phi) is 8.43. The van der Waals surface area contributed by atoms with Crippen LogP contribution in [0.15, 0.2) is 16.8 Å². The van der Waals surface area contributed by atoms with E-state index in [0.717, 1.165) is 6.04 Å². The molecule has 0 spiro atoms. The molecule has 0 aromatic carbocycles. The standard InChI is InChI=1S/C19H33NS/c1-17(15-18-13-14-21-16-18)20-19-11-9-7-5-3-2-4-6-8-10-12-19/h13-14,16-17,19-20H,2-12,15H2,1H3. The normalized spacial score (nSPS) is 21.4. The summed E-state index contributed by atoms with van der Waals surface area (Å²) in [7, 11) is 0. The topological polar surface area (TPSA) is 12.0 Å². The molecule has 1 aliphatic carbocycles. The van der Waals surface area contributed by atoms with E-state index in [1.54, 1.807) is 0 Å². The summed E-state index contributed by atoms with van der Waals surface area (Å²) in [5, 5.41) is 8.40. The Balaban J connectivity index is 1.74. The molecular formula is C19H33NS. The molecule has 1 N–H and O–H groups in total. The highest BCUT2D eigenvalue weighted by molar-refractivity contribution is 7.07. The van der Waals surface area contributed by atoms with Crippen molar-refractivity contribution in [2.45, 2.75) is 96.1 Å². The van der Waals surface area contributed by atoms with Crippen LogP contribution in [0.4, 0.5) is 0 Å². The van der Waals surface area contributed by atoms with Crippen LogP contribution in [0.1, 0.15) is 83.1 Å². The van der Waals surface area contributed by atoms with Crippen molar-refractivity contribution < 1.29 is 0 Å². The predicted molar refractivity (Wildman–Crippen MR) is 95.2 cm³/mol. The Labute approximate surface area is 135 Å². The van der Waals surface area contributed by atoms with Crippen molar-refractivity contribution in [1.82, 2.24) is 5.32 Å². The summed E-state index contributed by atoms with van der Waals surface area (Å²) in [6, 6.07) is 3.62. The predicted octanol–water partition coefficient (Wildman–Crippen LogP) is 5.94. The zero-order valence-electron chi connectivity index (χ0n) is 13.8. The molecule has 2 rings (SSSR count). The van der Waals surface area contributed by atoms with Crippen molar-refractivity contribution in [2.75, 3.05) is 0 Å². The fraction of sp³-hybridized carbons (Fsp3) is 0.789. The fourth-order valence-electron chi connectivity index (χ4n) is 3.55. The highest BCUT2D eigenvalue weighted by Gasteiger charge is 2.13. The third-order valence-electron chi connectivity index (χ3n) is 4.75. The molecule has 0 amide bonds. The van der Waals surface area contributed by atoms with Crippen LogP contribution in [0.3, 0.4) is 0 Å². The second kappa shape index (κ2) is 10.4. The van der Waals surface area contributed by atoms with Gasteiger partial charge >= 0.3 is 0 Å². The SMILES string of the molecule is CC(Cc1ccsc1)NC1CCCCCCCCCCC1. The van der Waals surface area contributed by atoms with Crippen LogP contribution in [0.5, 0.6) is 0 Å². The summed E-state index contributed by atoms with van der Waals surface area (Å²) >= 11 is 1.82. The molecule has 0 aliphatic heterocycles. The van der Waals surface area contributed by atoms with Gasteiger partial charge in [-0.2, -0.15) is 11.3 Å². The molecule has 1 atom stereocenters. The van der Waals surface area contributed by atoms with Gasteiger partial charge in [0.1, 0.15) is 0 Å². The summed E-state index contributed by atoms with van der Waals surface area (Å²) in [6.45, 7) is 2.35. The van der Waals surface area contributed by atoms with E-state index in [1.165, 1.54) is 82.6 Å². The maximum Gasteiger partial charge on any atom is 0.00820 e. The Morgan fingerprint density at radius 1 is 1.00 bits per heavy atom. The smallest absolute Gasteiger partial charge is 0.00820 e. The van der Waals surface area contributed by atoms with Gasteiger partial charge in [-0.1, -0.05) is 57.8 Å². The molecule has 0 radical (unpaired) electrons. The quantitative estimate of drug-likeness (QED) is 0.725. The Morgan fingerprint density at radius 3 is 2.10 bits per heavy atom. The lowest BCUT2D eigenvalue weighted by Gasteiger charge is -2.24. The first kappa shape index (κ1) is 17.0. The number of rotatable bonds is 4. The molecule has 1 saturated carbocycles. The molecule has 1 aromatic rings. The third kappa shape index (κ3) is 7.46. The molecule has 0 saturated heterocycles. The molecule has 120 valence electrons. The minimum absolute atomic E-state index is 0.609. The molecule has 21 heavy (non-hydrogen) atoms. The van der Waals surface area contributed by atoms with Crippen molar-refractivity contribution in [3.8, 4) is 0 Å². The van der Waals surface area contributed by atoms with Gasteiger partial charge in [-0.15, -0.1) is 0 Å². The summed E-state index contributed by atoms with van der Waals surface area (Å²) in [4.78, 5) is 0. The van der Waals surface area contributed by atoms with E-state index >= 15 is 0 Å². The Morgan fingerprint density at radius 2 is 1.57 bits per heavy atom. The van der Waals surface area contributed by atoms with Gasteiger partial charge in [-0.05, 0) is 48.6 Å². The van der Waals surface area contributed by atoms with Gasteiger partial charge in [0.05, 0.1) is 0 Å². The highest BCUT2D eigenvalue weighted by Crippen LogP contribution is 2.18.